The quantitative estimate of drug-likeness (QED) is 0.440. The third-order valence-electron chi connectivity index (χ3n) is 3.40. The molecule has 1 heterocycles. The van der Waals surface area contributed by atoms with Crippen LogP contribution in [-0.4, -0.2) is 35.1 Å². The maximum absolute atomic E-state index is 11.4. The van der Waals surface area contributed by atoms with Gasteiger partial charge in [0.1, 0.15) is 0 Å². The van der Waals surface area contributed by atoms with Crippen molar-refractivity contribution in [3.63, 3.8) is 0 Å². The van der Waals surface area contributed by atoms with E-state index in [9.17, 15) is 9.90 Å². The highest BCUT2D eigenvalue weighted by Gasteiger charge is 2.18. The lowest BCUT2D eigenvalue weighted by Gasteiger charge is -2.29. The summed E-state index contributed by atoms with van der Waals surface area (Å²) in [5, 5.41) is 9.48. The van der Waals surface area contributed by atoms with E-state index in [2.05, 4.69) is 26.3 Å². The first-order valence-electron chi connectivity index (χ1n) is 6.30. The Kier molecular flexibility index (Phi) is 4.93. The van der Waals surface area contributed by atoms with Crippen molar-refractivity contribution >= 4 is 21.8 Å². The number of carbonyl (C=O) groups excluding carboxylic acids is 1. The zero-order valence-corrected chi connectivity index (χ0v) is 12.2. The van der Waals surface area contributed by atoms with E-state index in [0.29, 0.717) is 5.56 Å². The summed E-state index contributed by atoms with van der Waals surface area (Å²) < 4.78 is 0.903. The largest absolute Gasteiger partial charge is 0.393 e. The Morgan fingerprint density at radius 1 is 1.47 bits per heavy atom. The van der Waals surface area contributed by atoms with Crippen LogP contribution in [0.15, 0.2) is 22.7 Å². The smallest absolute Gasteiger partial charge is 0.265 e. The Labute approximate surface area is 120 Å². The number of aliphatic hydroxyl groups excluding tert-OH is 1. The molecule has 0 bridgehead atoms. The number of benzene rings is 1. The van der Waals surface area contributed by atoms with E-state index in [1.54, 1.807) is 12.1 Å². The summed E-state index contributed by atoms with van der Waals surface area (Å²) in [6, 6.07) is 5.47. The number of nitrogen functional groups attached to an aromatic ring is 1. The molecule has 0 aliphatic carbocycles. The third-order valence-corrected chi connectivity index (χ3v) is 4.14. The zero-order chi connectivity index (χ0) is 13.8. The van der Waals surface area contributed by atoms with E-state index in [4.69, 9.17) is 5.84 Å². The first kappa shape index (κ1) is 14.5. The summed E-state index contributed by atoms with van der Waals surface area (Å²) >= 11 is 3.49. The predicted octanol–water partition coefficient (Wildman–Crippen LogP) is 1.01. The Bertz CT molecular complexity index is 459. The van der Waals surface area contributed by atoms with Gasteiger partial charge >= 0.3 is 0 Å². The maximum atomic E-state index is 11.4. The van der Waals surface area contributed by atoms with Crippen molar-refractivity contribution in [2.45, 2.75) is 25.5 Å². The number of nitrogens with two attached hydrogens (primary N) is 1. The molecule has 0 aromatic heterocycles. The van der Waals surface area contributed by atoms with Gasteiger partial charge in [0.15, 0.2) is 0 Å². The summed E-state index contributed by atoms with van der Waals surface area (Å²) in [7, 11) is 0. The highest BCUT2D eigenvalue weighted by Crippen LogP contribution is 2.22. The van der Waals surface area contributed by atoms with Crippen LogP contribution in [0.2, 0.25) is 0 Å². The van der Waals surface area contributed by atoms with Gasteiger partial charge in [-0.05, 0) is 30.5 Å². The highest BCUT2D eigenvalue weighted by atomic mass is 79.9. The van der Waals surface area contributed by atoms with Crippen molar-refractivity contribution in [2.24, 2.45) is 5.84 Å². The van der Waals surface area contributed by atoms with E-state index in [0.717, 1.165) is 42.5 Å². The molecule has 4 N–H and O–H groups in total. The van der Waals surface area contributed by atoms with Gasteiger partial charge < -0.3 is 5.11 Å². The number of carbonyl (C=O) groups is 1. The topological polar surface area (TPSA) is 78.6 Å². The molecule has 6 heteroatoms. The normalized spacial score (nSPS) is 17.4. The lowest BCUT2D eigenvalue weighted by molar-refractivity contribution is 0.0791. The van der Waals surface area contributed by atoms with Crippen LogP contribution in [0.25, 0.3) is 0 Å². The fourth-order valence-corrected chi connectivity index (χ4v) is 2.72. The summed E-state index contributed by atoms with van der Waals surface area (Å²) in [6.45, 7) is 2.62. The Hall–Kier alpha value is -0.950. The second-order valence-corrected chi connectivity index (χ2v) is 5.64. The number of halogens is 1. The Morgan fingerprint density at radius 2 is 2.16 bits per heavy atom. The molecule has 0 spiro atoms. The minimum Gasteiger partial charge on any atom is -0.393 e. The SMILES string of the molecule is NNC(=O)c1ccc(CN2CCC(O)CC2)c(Br)c1. The molecule has 1 aliphatic rings. The number of aliphatic hydroxyl groups is 1. The average Bonchev–Trinajstić information content (AvgIpc) is 2.42. The van der Waals surface area contributed by atoms with Crippen LogP contribution in [-0.2, 0) is 6.54 Å². The van der Waals surface area contributed by atoms with Gasteiger partial charge in [-0.3, -0.25) is 15.1 Å². The molecule has 5 nitrogen and oxygen atoms in total. The fraction of sp³-hybridized carbons (Fsp3) is 0.462. The second kappa shape index (κ2) is 6.47. The second-order valence-electron chi connectivity index (χ2n) is 4.79. The van der Waals surface area contributed by atoms with E-state index in [-0.39, 0.29) is 12.0 Å². The first-order valence-corrected chi connectivity index (χ1v) is 7.09. The molecule has 19 heavy (non-hydrogen) atoms. The summed E-state index contributed by atoms with van der Waals surface area (Å²) in [6.07, 6.45) is 1.49. The molecule has 2 rings (SSSR count). The van der Waals surface area contributed by atoms with E-state index >= 15 is 0 Å². The van der Waals surface area contributed by atoms with Crippen molar-refractivity contribution < 1.29 is 9.90 Å². The molecule has 1 aromatic rings. The Morgan fingerprint density at radius 3 is 2.74 bits per heavy atom. The number of piperidine rings is 1. The van der Waals surface area contributed by atoms with Crippen LogP contribution < -0.4 is 11.3 Å². The van der Waals surface area contributed by atoms with Gasteiger partial charge in [-0.15, -0.1) is 0 Å². The lowest BCUT2D eigenvalue weighted by Crippen LogP contribution is -2.35. The minimum absolute atomic E-state index is 0.157. The molecule has 0 atom stereocenters. The monoisotopic (exact) mass is 327 g/mol. The number of hydrogen-bond acceptors (Lipinski definition) is 4. The molecule has 0 unspecified atom stereocenters. The van der Waals surface area contributed by atoms with Gasteiger partial charge in [-0.25, -0.2) is 5.84 Å². The van der Waals surface area contributed by atoms with Crippen molar-refractivity contribution in [1.29, 1.82) is 0 Å². The van der Waals surface area contributed by atoms with Gasteiger partial charge in [0.25, 0.3) is 5.91 Å². The number of hydrogen-bond donors (Lipinski definition) is 3. The predicted molar refractivity (Wildman–Crippen MR) is 76.3 cm³/mol. The molecule has 1 aromatic carbocycles. The number of nitrogens with one attached hydrogen (secondary N) is 1. The first-order chi connectivity index (χ1) is 9.10. The molecule has 1 saturated heterocycles. The number of nitrogens with zero attached hydrogens (tertiary/aromatic N) is 1. The van der Waals surface area contributed by atoms with Crippen molar-refractivity contribution in [1.82, 2.24) is 10.3 Å². The third kappa shape index (κ3) is 3.76. The van der Waals surface area contributed by atoms with E-state index < -0.39 is 0 Å². The maximum Gasteiger partial charge on any atom is 0.265 e. The minimum atomic E-state index is -0.298. The van der Waals surface area contributed by atoms with Crippen LogP contribution in [0, 0.1) is 0 Å². The van der Waals surface area contributed by atoms with Gasteiger partial charge in [0.2, 0.25) is 0 Å². The molecule has 1 amide bonds. The molecular formula is C13H18BrN3O2. The fourth-order valence-electron chi connectivity index (χ4n) is 2.22. The van der Waals surface area contributed by atoms with Gasteiger partial charge in [-0.2, -0.15) is 0 Å². The number of hydrazine groups is 1. The van der Waals surface area contributed by atoms with E-state index in [1.165, 1.54) is 0 Å². The van der Waals surface area contributed by atoms with Crippen LogP contribution in [0.4, 0.5) is 0 Å². The molecule has 104 valence electrons. The summed E-state index contributed by atoms with van der Waals surface area (Å²) in [5.74, 6) is 4.81. The number of likely N-dealkylation sites (tertiary alicyclic amines) is 1. The van der Waals surface area contributed by atoms with Crippen LogP contribution in [0.1, 0.15) is 28.8 Å². The lowest BCUT2D eigenvalue weighted by atomic mass is 10.1. The van der Waals surface area contributed by atoms with Crippen molar-refractivity contribution in [2.75, 3.05) is 13.1 Å². The van der Waals surface area contributed by atoms with Gasteiger partial charge in [-0.1, -0.05) is 22.0 Å². The summed E-state index contributed by atoms with van der Waals surface area (Å²) in [5.41, 5.74) is 3.78. The average molecular weight is 328 g/mol. The number of rotatable bonds is 3. The zero-order valence-electron chi connectivity index (χ0n) is 10.6. The van der Waals surface area contributed by atoms with Crippen LogP contribution in [0.3, 0.4) is 0 Å². The van der Waals surface area contributed by atoms with Crippen molar-refractivity contribution in [3.8, 4) is 0 Å². The molecule has 1 fully saturated rings. The van der Waals surface area contributed by atoms with Gasteiger partial charge in [0, 0.05) is 29.7 Å². The van der Waals surface area contributed by atoms with Crippen molar-refractivity contribution in [3.05, 3.63) is 33.8 Å². The van der Waals surface area contributed by atoms with Crippen LogP contribution >= 0.6 is 15.9 Å². The molecule has 0 saturated carbocycles. The Balaban J connectivity index is 2.03. The van der Waals surface area contributed by atoms with E-state index in [1.807, 2.05) is 6.07 Å². The molecule has 0 radical (unpaired) electrons. The molecular weight excluding hydrogens is 310 g/mol. The molecule has 1 aliphatic heterocycles. The summed E-state index contributed by atoms with van der Waals surface area (Å²) in [4.78, 5) is 13.7. The highest BCUT2D eigenvalue weighted by molar-refractivity contribution is 9.10. The number of amides is 1. The van der Waals surface area contributed by atoms with Gasteiger partial charge in [0.05, 0.1) is 6.10 Å². The standard InChI is InChI=1S/C13H18BrN3O2/c14-12-7-9(13(19)16-15)1-2-10(12)8-17-5-3-11(18)4-6-17/h1-2,7,11,18H,3-6,8,15H2,(H,16,19). The van der Waals surface area contributed by atoms with Crippen LogP contribution in [0.5, 0.6) is 0 Å².